The molecule has 2 atom stereocenters. The van der Waals surface area contributed by atoms with Crippen LogP contribution in [0.1, 0.15) is 64.4 Å². The Bertz CT molecular complexity index is 987. The number of fused-ring (bicyclic) bond motifs is 1. The number of carbonyl (C=O) groups excluding carboxylic acids is 2. The second-order valence-electron chi connectivity index (χ2n) is 10.2. The topological polar surface area (TPSA) is 65.5 Å². The molecule has 178 valence electrons. The van der Waals surface area contributed by atoms with Crippen molar-refractivity contribution in [1.82, 2.24) is 9.88 Å². The van der Waals surface area contributed by atoms with Crippen LogP contribution < -0.4 is 10.2 Å². The van der Waals surface area contributed by atoms with E-state index in [2.05, 4.69) is 37.1 Å². The summed E-state index contributed by atoms with van der Waals surface area (Å²) in [6, 6.07) is 8.06. The largest absolute Gasteiger partial charge is 0.356 e. The maximum Gasteiger partial charge on any atom is 0.224 e. The minimum atomic E-state index is -0.115. The molecule has 1 N–H and O–H groups in total. The Morgan fingerprint density at radius 2 is 1.70 bits per heavy atom. The zero-order valence-electron chi connectivity index (χ0n) is 20.4. The van der Waals surface area contributed by atoms with Crippen molar-refractivity contribution in [3.63, 3.8) is 0 Å². The summed E-state index contributed by atoms with van der Waals surface area (Å²) in [6.45, 7) is 10.5. The predicted octanol–water partition coefficient (Wildman–Crippen LogP) is 5.15. The van der Waals surface area contributed by atoms with Crippen LogP contribution in [0.4, 0.5) is 11.5 Å². The van der Waals surface area contributed by atoms with Gasteiger partial charge in [0.25, 0.3) is 0 Å². The van der Waals surface area contributed by atoms with Crippen LogP contribution in [0.2, 0.25) is 0 Å². The lowest BCUT2D eigenvalue weighted by Crippen LogP contribution is -2.39. The van der Waals surface area contributed by atoms with Crippen molar-refractivity contribution in [3.05, 3.63) is 29.8 Å². The summed E-state index contributed by atoms with van der Waals surface area (Å²) in [5.41, 5.74) is 2.87. The molecule has 0 spiro atoms. The van der Waals surface area contributed by atoms with Gasteiger partial charge < -0.3 is 15.1 Å². The summed E-state index contributed by atoms with van der Waals surface area (Å²) in [5, 5.41) is 4.02. The number of hydrogen-bond donors (Lipinski definition) is 1. The van der Waals surface area contributed by atoms with Crippen molar-refractivity contribution in [3.8, 4) is 0 Å². The minimum Gasteiger partial charge on any atom is -0.356 e. The number of anilines is 2. The molecule has 1 aromatic carbocycles. The molecule has 0 saturated carbocycles. The van der Waals surface area contributed by atoms with E-state index in [4.69, 9.17) is 4.98 Å². The standard InChI is InChI=1S/C27H38N4O2/c1-19-14-20(2)18-31(17-19)25-15-21(3)23-16-22(8-9-24(23)29-25)28-26(32)10-11-27(33)30-12-6-4-5-7-13-30/h8-9,15-16,19-20H,4-7,10-14,17-18H2,1-3H3,(H,28,32). The van der Waals surface area contributed by atoms with Gasteiger partial charge in [0, 0.05) is 50.1 Å². The normalized spacial score (nSPS) is 21.7. The van der Waals surface area contributed by atoms with E-state index in [0.717, 1.165) is 67.0 Å². The smallest absolute Gasteiger partial charge is 0.224 e. The third-order valence-corrected chi connectivity index (χ3v) is 7.00. The molecular weight excluding hydrogens is 412 g/mol. The molecule has 2 amide bonds. The van der Waals surface area contributed by atoms with Gasteiger partial charge in [0.15, 0.2) is 0 Å². The zero-order valence-corrected chi connectivity index (χ0v) is 20.4. The molecule has 2 unspecified atom stereocenters. The number of rotatable bonds is 5. The van der Waals surface area contributed by atoms with Gasteiger partial charge in [0.05, 0.1) is 5.52 Å². The summed E-state index contributed by atoms with van der Waals surface area (Å²) in [4.78, 5) is 34.2. The molecule has 0 aliphatic carbocycles. The molecule has 33 heavy (non-hydrogen) atoms. The molecule has 1 aromatic heterocycles. The first-order valence-corrected chi connectivity index (χ1v) is 12.6. The van der Waals surface area contributed by atoms with E-state index in [1.54, 1.807) is 0 Å². The molecular formula is C27H38N4O2. The first kappa shape index (κ1) is 23.5. The Balaban J connectivity index is 1.39. The van der Waals surface area contributed by atoms with E-state index in [1.165, 1.54) is 19.3 Å². The third-order valence-electron chi connectivity index (χ3n) is 7.00. The highest BCUT2D eigenvalue weighted by atomic mass is 16.2. The van der Waals surface area contributed by atoms with Crippen LogP contribution in [0.3, 0.4) is 0 Å². The molecule has 6 nitrogen and oxygen atoms in total. The van der Waals surface area contributed by atoms with Gasteiger partial charge in [0.1, 0.15) is 5.82 Å². The highest BCUT2D eigenvalue weighted by Crippen LogP contribution is 2.29. The SMILES string of the molecule is Cc1cc(N2CC(C)CC(C)C2)nc2ccc(NC(=O)CCC(=O)N3CCCCCC3)cc12. The molecule has 2 aliphatic rings. The Hall–Kier alpha value is -2.63. The van der Waals surface area contributed by atoms with Gasteiger partial charge in [-0.05, 0) is 67.9 Å². The molecule has 3 heterocycles. The Morgan fingerprint density at radius 3 is 2.39 bits per heavy atom. The van der Waals surface area contributed by atoms with Gasteiger partial charge in [0.2, 0.25) is 11.8 Å². The summed E-state index contributed by atoms with van der Waals surface area (Å²) in [5.74, 6) is 2.38. The predicted molar refractivity (Wildman–Crippen MR) is 135 cm³/mol. The number of carbonyl (C=O) groups is 2. The molecule has 4 rings (SSSR count). The number of pyridine rings is 1. The maximum atomic E-state index is 12.5. The molecule has 2 aliphatic heterocycles. The van der Waals surface area contributed by atoms with Gasteiger partial charge in [-0.1, -0.05) is 26.7 Å². The third kappa shape index (κ3) is 6.04. The van der Waals surface area contributed by atoms with E-state index < -0.39 is 0 Å². The number of nitrogens with one attached hydrogen (secondary N) is 1. The van der Waals surface area contributed by atoms with Crippen molar-refractivity contribution < 1.29 is 9.59 Å². The van der Waals surface area contributed by atoms with Crippen LogP contribution in [-0.4, -0.2) is 47.9 Å². The van der Waals surface area contributed by atoms with Gasteiger partial charge in [-0.15, -0.1) is 0 Å². The first-order chi connectivity index (χ1) is 15.9. The first-order valence-electron chi connectivity index (χ1n) is 12.6. The maximum absolute atomic E-state index is 12.5. The fourth-order valence-electron chi connectivity index (χ4n) is 5.39. The summed E-state index contributed by atoms with van der Waals surface area (Å²) in [6.07, 6.45) is 6.29. The highest BCUT2D eigenvalue weighted by Gasteiger charge is 2.23. The van der Waals surface area contributed by atoms with Crippen molar-refractivity contribution in [1.29, 1.82) is 0 Å². The van der Waals surface area contributed by atoms with Crippen LogP contribution in [-0.2, 0) is 9.59 Å². The van der Waals surface area contributed by atoms with Gasteiger partial charge in [-0.2, -0.15) is 0 Å². The Kier molecular flexibility index (Phi) is 7.51. The fraction of sp³-hybridized carbons (Fsp3) is 0.593. The van der Waals surface area contributed by atoms with E-state index in [1.807, 2.05) is 23.1 Å². The molecule has 0 radical (unpaired) electrons. The van der Waals surface area contributed by atoms with Crippen LogP contribution in [0.15, 0.2) is 24.3 Å². The molecule has 6 heteroatoms. The van der Waals surface area contributed by atoms with Gasteiger partial charge in [-0.3, -0.25) is 9.59 Å². The summed E-state index contributed by atoms with van der Waals surface area (Å²) < 4.78 is 0. The average Bonchev–Trinajstić information content (AvgIpc) is 3.07. The number of benzene rings is 1. The number of amides is 2. The summed E-state index contributed by atoms with van der Waals surface area (Å²) >= 11 is 0. The minimum absolute atomic E-state index is 0.0967. The Labute approximate surface area is 197 Å². The van der Waals surface area contributed by atoms with Crippen molar-refractivity contribution in [2.24, 2.45) is 11.8 Å². The van der Waals surface area contributed by atoms with Crippen LogP contribution in [0.25, 0.3) is 10.9 Å². The van der Waals surface area contributed by atoms with E-state index in [9.17, 15) is 9.59 Å². The monoisotopic (exact) mass is 450 g/mol. The zero-order chi connectivity index (χ0) is 23.4. The molecule has 2 saturated heterocycles. The number of nitrogens with zero attached hydrogens (tertiary/aromatic N) is 3. The van der Waals surface area contributed by atoms with Crippen LogP contribution in [0.5, 0.6) is 0 Å². The van der Waals surface area contributed by atoms with Crippen molar-refractivity contribution in [2.45, 2.75) is 65.7 Å². The second-order valence-corrected chi connectivity index (χ2v) is 10.2. The van der Waals surface area contributed by atoms with Crippen LogP contribution >= 0.6 is 0 Å². The summed E-state index contributed by atoms with van der Waals surface area (Å²) in [7, 11) is 0. The number of aromatic nitrogens is 1. The lowest BCUT2D eigenvalue weighted by molar-refractivity contribution is -0.132. The quantitative estimate of drug-likeness (QED) is 0.684. The van der Waals surface area contributed by atoms with Crippen molar-refractivity contribution >= 4 is 34.2 Å². The van der Waals surface area contributed by atoms with Gasteiger partial charge in [-0.25, -0.2) is 4.98 Å². The number of piperidine rings is 1. The highest BCUT2D eigenvalue weighted by molar-refractivity contribution is 5.96. The van der Waals surface area contributed by atoms with E-state index in [-0.39, 0.29) is 24.7 Å². The van der Waals surface area contributed by atoms with Gasteiger partial charge >= 0.3 is 0 Å². The van der Waals surface area contributed by atoms with Crippen LogP contribution in [0, 0.1) is 18.8 Å². The fourth-order valence-corrected chi connectivity index (χ4v) is 5.39. The molecule has 0 bridgehead atoms. The number of aryl methyl sites for hydroxylation is 1. The van der Waals surface area contributed by atoms with Crippen molar-refractivity contribution in [2.75, 3.05) is 36.4 Å². The Morgan fingerprint density at radius 1 is 1.00 bits per heavy atom. The molecule has 2 aromatic rings. The van der Waals surface area contributed by atoms with E-state index >= 15 is 0 Å². The lowest BCUT2D eigenvalue weighted by Gasteiger charge is -2.36. The lowest BCUT2D eigenvalue weighted by atomic mass is 9.92. The van der Waals surface area contributed by atoms with E-state index in [0.29, 0.717) is 11.8 Å². The number of likely N-dealkylation sites (tertiary alicyclic amines) is 1. The average molecular weight is 451 g/mol. The second kappa shape index (κ2) is 10.5. The molecule has 2 fully saturated rings. The number of hydrogen-bond acceptors (Lipinski definition) is 4.